The number of rotatable bonds is 8. The Kier molecular flexibility index (Phi) is 7.85. The fourth-order valence-electron chi connectivity index (χ4n) is 5.66. The molecule has 2 N–H and O–H groups in total. The summed E-state index contributed by atoms with van der Waals surface area (Å²) in [5.74, 6) is -1.50. The minimum atomic E-state index is -5.21. The third-order valence-corrected chi connectivity index (χ3v) is 8.94. The van der Waals surface area contributed by atoms with Crippen molar-refractivity contribution in [2.24, 2.45) is 17.3 Å². The van der Waals surface area contributed by atoms with Crippen molar-refractivity contribution in [1.29, 1.82) is 5.26 Å². The molecule has 2 aromatic rings. The number of nitrogens with zero attached hydrogens (tertiary/aromatic N) is 3. The van der Waals surface area contributed by atoms with E-state index in [4.69, 9.17) is 11.2 Å². The number of aromatic nitrogens is 1. The number of likely N-dealkylation sites (tertiary alicyclic amines) is 1. The van der Waals surface area contributed by atoms with Gasteiger partial charge in [-0.15, -0.1) is 17.8 Å². The summed E-state index contributed by atoms with van der Waals surface area (Å²) in [6.07, 6.45) is 2.64. The predicted octanol–water partition coefficient (Wildman–Crippen LogP) is 2.39. The van der Waals surface area contributed by atoms with Gasteiger partial charge in [0.15, 0.2) is 0 Å². The van der Waals surface area contributed by atoms with Crippen LogP contribution in [0.5, 0.6) is 0 Å². The van der Waals surface area contributed by atoms with Crippen LogP contribution in [0.15, 0.2) is 17.8 Å². The van der Waals surface area contributed by atoms with Crippen LogP contribution in [0.4, 0.5) is 13.2 Å². The van der Waals surface area contributed by atoms with Crippen LogP contribution in [0.25, 0.3) is 10.1 Å². The normalized spacial score (nSPS) is 23.3. The molecule has 1 saturated heterocycles. The molecule has 40 heavy (non-hydrogen) atoms. The molecule has 3 heterocycles. The standard InChI is InChI=1S/C27H28F3N5O4S/c1-6-14-12-40-18-10-32-9-15(19(14)18)7-16(8-31)33-23(36)22-20-17(26(20,3)4)11-35(22)24(37)21(13(2)39-5)34-25(38)27(28,29)30/h1,9-10,12-13,16-17,20-22H,7,11H2,2-5H3,(H,33,36)(H,34,38)/t13-,16?,17+,20+,21+,22+/m1/s1. The number of amides is 3. The Bertz CT molecular complexity index is 1430. The molecule has 0 radical (unpaired) electrons. The van der Waals surface area contributed by atoms with Gasteiger partial charge in [-0.2, -0.15) is 18.4 Å². The number of hydrogen-bond acceptors (Lipinski definition) is 7. The van der Waals surface area contributed by atoms with Crippen LogP contribution in [-0.4, -0.2) is 71.7 Å². The number of halogens is 3. The van der Waals surface area contributed by atoms with Crippen molar-refractivity contribution >= 4 is 39.1 Å². The molecule has 1 aliphatic heterocycles. The van der Waals surface area contributed by atoms with Gasteiger partial charge in [0.1, 0.15) is 18.1 Å². The molecule has 6 atom stereocenters. The Balaban J connectivity index is 1.57. The Morgan fingerprint density at radius 1 is 1.32 bits per heavy atom. The van der Waals surface area contributed by atoms with E-state index in [1.54, 1.807) is 17.7 Å². The van der Waals surface area contributed by atoms with E-state index in [2.05, 4.69) is 22.3 Å². The van der Waals surface area contributed by atoms with Gasteiger partial charge in [0, 0.05) is 48.8 Å². The summed E-state index contributed by atoms with van der Waals surface area (Å²) in [6.45, 7) is 5.35. The van der Waals surface area contributed by atoms with Crippen LogP contribution in [0.3, 0.4) is 0 Å². The zero-order chi connectivity index (χ0) is 29.6. The van der Waals surface area contributed by atoms with Gasteiger partial charge in [0.05, 0.1) is 16.9 Å². The third-order valence-electron chi connectivity index (χ3n) is 8.03. The van der Waals surface area contributed by atoms with Crippen molar-refractivity contribution in [2.75, 3.05) is 13.7 Å². The molecular weight excluding hydrogens is 547 g/mol. The lowest BCUT2D eigenvalue weighted by atomic mass is 9.98. The second-order valence-electron chi connectivity index (χ2n) is 10.6. The topological polar surface area (TPSA) is 124 Å². The number of alkyl halides is 3. The SMILES string of the molecule is C#Cc1csc2cncc(CC(C#N)NC(=O)[C@@H]3[C@@H]4[C@H](CN3C(=O)[C@@H](NC(=O)C(F)(F)F)[C@@H](C)OC)C4(C)C)c12. The molecule has 4 rings (SSSR count). The number of hydrogen-bond donors (Lipinski definition) is 2. The van der Waals surface area contributed by atoms with E-state index in [1.165, 1.54) is 30.3 Å². The van der Waals surface area contributed by atoms with Gasteiger partial charge in [-0.1, -0.05) is 19.8 Å². The highest BCUT2D eigenvalue weighted by molar-refractivity contribution is 7.17. The molecule has 9 nitrogen and oxygen atoms in total. The predicted molar refractivity (Wildman–Crippen MR) is 140 cm³/mol. The van der Waals surface area contributed by atoms with Gasteiger partial charge in [-0.05, 0) is 29.7 Å². The van der Waals surface area contributed by atoms with Crippen LogP contribution in [0, 0.1) is 40.9 Å². The summed E-state index contributed by atoms with van der Waals surface area (Å²) in [5.41, 5.74) is 1.02. The lowest BCUT2D eigenvalue weighted by Gasteiger charge is -2.34. The number of carbonyl (C=O) groups excluding carboxylic acids is 3. The molecule has 1 unspecified atom stereocenters. The fraction of sp³-hybridized carbons (Fsp3) is 0.519. The molecule has 212 valence electrons. The number of piperidine rings is 1. The summed E-state index contributed by atoms with van der Waals surface area (Å²) in [4.78, 5) is 44.2. The first kappa shape index (κ1) is 29.3. The van der Waals surface area contributed by atoms with Crippen molar-refractivity contribution in [1.82, 2.24) is 20.5 Å². The molecule has 0 bridgehead atoms. The van der Waals surface area contributed by atoms with E-state index in [0.29, 0.717) is 11.1 Å². The second-order valence-corrected chi connectivity index (χ2v) is 11.5. The largest absolute Gasteiger partial charge is 0.471 e. The summed E-state index contributed by atoms with van der Waals surface area (Å²) >= 11 is 1.41. The quantitative estimate of drug-likeness (QED) is 0.466. The van der Waals surface area contributed by atoms with Crippen LogP contribution in [0.2, 0.25) is 0 Å². The number of nitrogens with one attached hydrogen (secondary N) is 2. The van der Waals surface area contributed by atoms with Gasteiger partial charge in [-0.25, -0.2) is 0 Å². The highest BCUT2D eigenvalue weighted by Crippen LogP contribution is 2.65. The van der Waals surface area contributed by atoms with Crippen molar-refractivity contribution in [3.8, 4) is 18.4 Å². The number of terminal acetylenes is 1. The fourth-order valence-corrected chi connectivity index (χ4v) is 6.57. The van der Waals surface area contributed by atoms with Crippen molar-refractivity contribution in [3.05, 3.63) is 28.9 Å². The molecular formula is C27H28F3N5O4S. The molecule has 0 spiro atoms. The Morgan fingerprint density at radius 2 is 2.02 bits per heavy atom. The van der Waals surface area contributed by atoms with Crippen molar-refractivity contribution in [3.63, 3.8) is 0 Å². The molecule has 2 aliphatic rings. The first-order chi connectivity index (χ1) is 18.8. The third kappa shape index (κ3) is 5.23. The average Bonchev–Trinajstić information content (AvgIpc) is 3.28. The molecule has 13 heteroatoms. The summed E-state index contributed by atoms with van der Waals surface area (Å²) < 4.78 is 44.9. The highest BCUT2D eigenvalue weighted by Gasteiger charge is 2.69. The van der Waals surface area contributed by atoms with E-state index >= 15 is 0 Å². The maximum absolute atomic E-state index is 13.6. The molecule has 2 fully saturated rings. The van der Waals surface area contributed by atoms with Gasteiger partial charge in [0.25, 0.3) is 0 Å². The van der Waals surface area contributed by atoms with Crippen LogP contribution in [0.1, 0.15) is 31.9 Å². The lowest BCUT2D eigenvalue weighted by Crippen LogP contribution is -2.60. The number of carbonyl (C=O) groups is 3. The van der Waals surface area contributed by atoms with Crippen molar-refractivity contribution in [2.45, 2.75) is 57.6 Å². The molecule has 2 aromatic heterocycles. The molecule has 0 aromatic carbocycles. The number of methoxy groups -OCH3 is 1. The van der Waals surface area contributed by atoms with E-state index in [9.17, 15) is 32.8 Å². The Labute approximate surface area is 233 Å². The number of thiophene rings is 1. The molecule has 1 saturated carbocycles. The maximum atomic E-state index is 13.6. The zero-order valence-electron chi connectivity index (χ0n) is 22.2. The van der Waals surface area contributed by atoms with Crippen LogP contribution < -0.4 is 10.6 Å². The lowest BCUT2D eigenvalue weighted by molar-refractivity contribution is -0.176. The van der Waals surface area contributed by atoms with Gasteiger partial charge in [-0.3, -0.25) is 19.4 Å². The first-order valence-corrected chi connectivity index (χ1v) is 13.4. The average molecular weight is 576 g/mol. The molecule has 1 aliphatic carbocycles. The number of nitriles is 1. The summed E-state index contributed by atoms with van der Waals surface area (Å²) in [7, 11) is 1.20. The summed E-state index contributed by atoms with van der Waals surface area (Å²) in [6, 6.07) is -1.65. The second kappa shape index (κ2) is 10.7. The maximum Gasteiger partial charge on any atom is 0.471 e. The highest BCUT2D eigenvalue weighted by atomic mass is 32.1. The van der Waals surface area contributed by atoms with Gasteiger partial charge in [0.2, 0.25) is 11.8 Å². The first-order valence-electron chi connectivity index (χ1n) is 12.5. The van der Waals surface area contributed by atoms with Gasteiger partial charge < -0.3 is 20.3 Å². The van der Waals surface area contributed by atoms with Crippen molar-refractivity contribution < 1.29 is 32.3 Å². The van der Waals surface area contributed by atoms with Crippen LogP contribution >= 0.6 is 11.3 Å². The minimum Gasteiger partial charge on any atom is -0.379 e. The minimum absolute atomic E-state index is 0.0773. The monoisotopic (exact) mass is 575 g/mol. The van der Waals surface area contributed by atoms with E-state index < -0.39 is 48.1 Å². The van der Waals surface area contributed by atoms with Gasteiger partial charge >= 0.3 is 12.1 Å². The smallest absolute Gasteiger partial charge is 0.379 e. The van der Waals surface area contributed by atoms with E-state index in [1.807, 2.05) is 19.2 Å². The Morgan fingerprint density at radius 3 is 2.62 bits per heavy atom. The number of fused-ring (bicyclic) bond motifs is 2. The Hall–Kier alpha value is -3.68. The summed E-state index contributed by atoms with van der Waals surface area (Å²) in [5, 5.41) is 16.9. The molecule has 3 amide bonds. The number of ether oxygens (including phenoxy) is 1. The zero-order valence-corrected chi connectivity index (χ0v) is 23.0. The number of pyridine rings is 1. The van der Waals surface area contributed by atoms with Crippen LogP contribution in [-0.2, 0) is 25.5 Å². The van der Waals surface area contributed by atoms with E-state index in [0.717, 1.165) is 10.1 Å². The van der Waals surface area contributed by atoms with E-state index in [-0.39, 0.29) is 30.2 Å².